The number of sulfone groups is 1. The van der Waals surface area contributed by atoms with Crippen LogP contribution in [0.25, 0.3) is 10.8 Å². The molecule has 0 heterocycles. The maximum Gasteiger partial charge on any atom is 0.207 e. The van der Waals surface area contributed by atoms with Crippen LogP contribution in [-0.2, 0) is 9.84 Å². The lowest BCUT2D eigenvalue weighted by Crippen LogP contribution is -2.04. The fourth-order valence-corrected chi connectivity index (χ4v) is 4.35. The van der Waals surface area contributed by atoms with Crippen molar-refractivity contribution in [3.8, 4) is 0 Å². The smallest absolute Gasteiger partial charge is 0.207 e. The third-order valence-corrected chi connectivity index (χ3v) is 6.28. The highest BCUT2D eigenvalue weighted by molar-refractivity contribution is 9.10. The Morgan fingerprint density at radius 2 is 1.55 bits per heavy atom. The van der Waals surface area contributed by atoms with E-state index in [2.05, 4.69) is 15.9 Å². The highest BCUT2D eigenvalue weighted by Crippen LogP contribution is 2.36. The van der Waals surface area contributed by atoms with Crippen LogP contribution in [-0.4, -0.2) is 8.42 Å². The van der Waals surface area contributed by atoms with Crippen LogP contribution in [0.2, 0.25) is 0 Å². The van der Waals surface area contributed by atoms with Gasteiger partial charge in [0, 0.05) is 15.5 Å². The molecule has 3 rings (SSSR count). The lowest BCUT2D eigenvalue weighted by Gasteiger charge is -2.12. The lowest BCUT2D eigenvalue weighted by molar-refractivity contribution is 0.597. The van der Waals surface area contributed by atoms with Crippen LogP contribution in [0.1, 0.15) is 5.56 Å². The zero-order valence-electron chi connectivity index (χ0n) is 11.9. The van der Waals surface area contributed by atoms with Crippen molar-refractivity contribution in [2.75, 3.05) is 5.73 Å². The lowest BCUT2D eigenvalue weighted by atomic mass is 10.1. The monoisotopic (exact) mass is 375 g/mol. The summed E-state index contributed by atoms with van der Waals surface area (Å²) in [5.74, 6) is 0. The van der Waals surface area contributed by atoms with Crippen molar-refractivity contribution < 1.29 is 8.42 Å². The largest absolute Gasteiger partial charge is 0.398 e. The Morgan fingerprint density at radius 1 is 0.955 bits per heavy atom. The van der Waals surface area contributed by atoms with Crippen molar-refractivity contribution in [2.45, 2.75) is 16.7 Å². The van der Waals surface area contributed by atoms with Crippen molar-refractivity contribution in [2.24, 2.45) is 0 Å². The predicted molar refractivity (Wildman–Crippen MR) is 92.7 cm³/mol. The van der Waals surface area contributed by atoms with E-state index in [9.17, 15) is 8.42 Å². The van der Waals surface area contributed by atoms with Crippen LogP contribution in [0.15, 0.2) is 68.9 Å². The Labute approximate surface area is 137 Å². The third kappa shape index (κ3) is 2.40. The van der Waals surface area contributed by atoms with Crippen LogP contribution in [0.3, 0.4) is 0 Å². The third-order valence-electron chi connectivity index (χ3n) is 3.59. The number of rotatable bonds is 2. The first-order valence-electron chi connectivity index (χ1n) is 6.70. The predicted octanol–water partition coefficient (Wildman–Crippen LogP) is 4.33. The van der Waals surface area contributed by atoms with Gasteiger partial charge in [0.2, 0.25) is 9.84 Å². The second kappa shape index (κ2) is 5.41. The van der Waals surface area contributed by atoms with Gasteiger partial charge in [-0.3, -0.25) is 0 Å². The van der Waals surface area contributed by atoms with Gasteiger partial charge in [0.05, 0.1) is 9.79 Å². The van der Waals surface area contributed by atoms with Gasteiger partial charge in [-0.15, -0.1) is 0 Å². The zero-order chi connectivity index (χ0) is 15.9. The molecule has 3 aromatic carbocycles. The van der Waals surface area contributed by atoms with E-state index < -0.39 is 9.84 Å². The van der Waals surface area contributed by atoms with Gasteiger partial charge < -0.3 is 5.73 Å². The van der Waals surface area contributed by atoms with E-state index in [4.69, 9.17) is 5.73 Å². The van der Waals surface area contributed by atoms with Crippen LogP contribution in [0.5, 0.6) is 0 Å². The van der Waals surface area contributed by atoms with E-state index in [-0.39, 0.29) is 9.79 Å². The molecule has 2 N–H and O–H groups in total. The molecule has 0 radical (unpaired) electrons. The Hall–Kier alpha value is -1.85. The Kier molecular flexibility index (Phi) is 3.70. The molecule has 0 bridgehead atoms. The van der Waals surface area contributed by atoms with E-state index in [1.165, 1.54) is 6.07 Å². The first-order valence-corrected chi connectivity index (χ1v) is 8.97. The second-order valence-electron chi connectivity index (χ2n) is 5.14. The quantitative estimate of drug-likeness (QED) is 0.678. The molecule has 0 aliphatic heterocycles. The summed E-state index contributed by atoms with van der Waals surface area (Å²) in [4.78, 5) is 0.498. The number of hydrogen-bond donors (Lipinski definition) is 1. The molecule has 0 unspecified atom stereocenters. The summed E-state index contributed by atoms with van der Waals surface area (Å²) in [7, 11) is -3.62. The van der Waals surface area contributed by atoms with Gasteiger partial charge in [-0.1, -0.05) is 42.0 Å². The van der Waals surface area contributed by atoms with Gasteiger partial charge >= 0.3 is 0 Å². The van der Waals surface area contributed by atoms with Crippen LogP contribution in [0.4, 0.5) is 5.69 Å². The maximum absolute atomic E-state index is 13.0. The number of halogens is 1. The van der Waals surface area contributed by atoms with E-state index in [1.54, 1.807) is 30.3 Å². The first-order chi connectivity index (χ1) is 10.4. The molecule has 22 heavy (non-hydrogen) atoms. The highest BCUT2D eigenvalue weighted by atomic mass is 79.9. The molecular formula is C17H14BrNO2S. The molecule has 0 atom stereocenters. The molecule has 3 aromatic rings. The van der Waals surface area contributed by atoms with Gasteiger partial charge in [-0.2, -0.15) is 0 Å². The minimum atomic E-state index is -3.62. The Bertz CT molecular complexity index is 964. The van der Waals surface area contributed by atoms with Gasteiger partial charge in [-0.05, 0) is 46.4 Å². The molecule has 0 saturated heterocycles. The number of fused-ring (bicyclic) bond motifs is 1. The average molecular weight is 376 g/mol. The summed E-state index contributed by atoms with van der Waals surface area (Å²) in [6.07, 6.45) is 0. The van der Waals surface area contributed by atoms with Crippen LogP contribution in [0, 0.1) is 6.92 Å². The fourth-order valence-electron chi connectivity index (χ4n) is 2.39. The average Bonchev–Trinajstić information content (AvgIpc) is 2.51. The van der Waals surface area contributed by atoms with Crippen LogP contribution >= 0.6 is 15.9 Å². The maximum atomic E-state index is 13.0. The van der Waals surface area contributed by atoms with Crippen molar-refractivity contribution in [3.05, 3.63) is 64.6 Å². The molecule has 0 spiro atoms. The number of nitrogen functional groups attached to an aromatic ring is 1. The molecule has 112 valence electrons. The molecule has 3 nitrogen and oxygen atoms in total. The molecular weight excluding hydrogens is 362 g/mol. The van der Waals surface area contributed by atoms with E-state index in [1.807, 2.05) is 25.1 Å². The van der Waals surface area contributed by atoms with E-state index in [0.29, 0.717) is 15.5 Å². The van der Waals surface area contributed by atoms with Crippen molar-refractivity contribution in [1.29, 1.82) is 0 Å². The summed E-state index contributed by atoms with van der Waals surface area (Å²) >= 11 is 3.43. The SMILES string of the molecule is Cc1ccc(S(=O)(=O)c2cc(N)c(Br)c3ccccc23)cc1. The molecule has 0 saturated carbocycles. The normalized spacial score (nSPS) is 11.7. The fraction of sp³-hybridized carbons (Fsp3) is 0.0588. The van der Waals surface area contributed by atoms with Crippen molar-refractivity contribution >= 4 is 42.2 Å². The standard InChI is InChI=1S/C17H14BrNO2S/c1-11-6-8-12(9-7-11)22(20,21)16-10-15(19)17(18)14-5-3-2-4-13(14)16/h2-10H,19H2,1H3. The molecule has 0 fully saturated rings. The second-order valence-corrected chi connectivity index (χ2v) is 7.85. The van der Waals surface area contributed by atoms with Crippen molar-refractivity contribution in [3.63, 3.8) is 0 Å². The van der Waals surface area contributed by atoms with Gasteiger partial charge in [0.25, 0.3) is 0 Å². The molecule has 0 aromatic heterocycles. The number of hydrogen-bond acceptors (Lipinski definition) is 3. The van der Waals surface area contributed by atoms with Gasteiger partial charge in [0.15, 0.2) is 0 Å². The Morgan fingerprint density at radius 3 is 2.18 bits per heavy atom. The summed E-state index contributed by atoms with van der Waals surface area (Å²) in [5.41, 5.74) is 7.39. The number of aryl methyl sites for hydroxylation is 1. The number of anilines is 1. The summed E-state index contributed by atoms with van der Waals surface area (Å²) in [6.45, 7) is 1.92. The summed E-state index contributed by atoms with van der Waals surface area (Å²) in [6, 6.07) is 15.7. The minimum Gasteiger partial charge on any atom is -0.398 e. The summed E-state index contributed by atoms with van der Waals surface area (Å²) < 4.78 is 26.6. The molecule has 0 amide bonds. The van der Waals surface area contributed by atoms with Gasteiger partial charge in [-0.25, -0.2) is 8.42 Å². The molecule has 0 aliphatic rings. The number of nitrogens with two attached hydrogens (primary N) is 1. The molecule has 5 heteroatoms. The van der Waals surface area contributed by atoms with Gasteiger partial charge in [0.1, 0.15) is 0 Å². The molecule has 0 aliphatic carbocycles. The van der Waals surface area contributed by atoms with E-state index >= 15 is 0 Å². The summed E-state index contributed by atoms with van der Waals surface area (Å²) in [5, 5.41) is 1.44. The van der Waals surface area contributed by atoms with Crippen molar-refractivity contribution in [1.82, 2.24) is 0 Å². The topological polar surface area (TPSA) is 60.2 Å². The highest BCUT2D eigenvalue weighted by Gasteiger charge is 2.22. The zero-order valence-corrected chi connectivity index (χ0v) is 14.3. The number of benzene rings is 3. The Balaban J connectivity index is 2.34. The van der Waals surface area contributed by atoms with E-state index in [0.717, 1.165) is 10.9 Å². The van der Waals surface area contributed by atoms with Crippen LogP contribution < -0.4 is 5.73 Å². The first kappa shape index (κ1) is 15.1. The minimum absolute atomic E-state index is 0.229.